The highest BCUT2D eigenvalue weighted by molar-refractivity contribution is 5.97. The highest BCUT2D eigenvalue weighted by Gasteiger charge is 2.35. The largest absolute Gasteiger partial charge is 0.419 e. The third kappa shape index (κ3) is 4.68. The number of hydrogen-bond donors (Lipinski definition) is 2. The van der Waals surface area contributed by atoms with Gasteiger partial charge in [0.2, 0.25) is 0 Å². The summed E-state index contributed by atoms with van der Waals surface area (Å²) >= 11 is 0. The molecule has 1 aromatic rings. The Labute approximate surface area is 119 Å². The summed E-state index contributed by atoms with van der Waals surface area (Å²) in [5, 5.41) is 12.1. The first-order valence-electron chi connectivity index (χ1n) is 5.99. The molecule has 0 spiro atoms. The molecule has 1 atom stereocenters. The summed E-state index contributed by atoms with van der Waals surface area (Å²) < 4.78 is 50.8. The molecule has 118 valence electrons. The highest BCUT2D eigenvalue weighted by Crippen LogP contribution is 2.33. The second kappa shape index (κ2) is 5.98. The number of carbonyl (C=O) groups excluding carboxylic acids is 1. The summed E-state index contributed by atoms with van der Waals surface area (Å²) in [4.78, 5) is 13.4. The SMILES string of the molecule is CN(C)CC(C)(O)C(=O)Nc1ccc(F)c(C(F)(F)F)c1. The molecule has 1 rings (SSSR count). The Morgan fingerprint density at radius 3 is 2.38 bits per heavy atom. The van der Waals surface area contributed by atoms with Crippen LogP contribution in [0.2, 0.25) is 0 Å². The maximum Gasteiger partial charge on any atom is 0.419 e. The number of benzene rings is 1. The molecule has 0 bridgehead atoms. The van der Waals surface area contributed by atoms with E-state index >= 15 is 0 Å². The smallest absolute Gasteiger partial charge is 0.379 e. The number of likely N-dealkylation sites (N-methyl/N-ethyl adjacent to an activating group) is 1. The van der Waals surface area contributed by atoms with Gasteiger partial charge in [0.1, 0.15) is 5.82 Å². The van der Waals surface area contributed by atoms with Crippen molar-refractivity contribution in [3.05, 3.63) is 29.6 Å². The van der Waals surface area contributed by atoms with Crippen LogP contribution >= 0.6 is 0 Å². The van der Waals surface area contributed by atoms with Gasteiger partial charge in [0.05, 0.1) is 5.56 Å². The van der Waals surface area contributed by atoms with Crippen molar-refractivity contribution in [3.63, 3.8) is 0 Å². The molecule has 0 aliphatic heterocycles. The summed E-state index contributed by atoms with van der Waals surface area (Å²) in [6.07, 6.45) is -4.86. The van der Waals surface area contributed by atoms with E-state index in [2.05, 4.69) is 5.32 Å². The van der Waals surface area contributed by atoms with Gasteiger partial charge in [-0.3, -0.25) is 4.79 Å². The second-order valence-electron chi connectivity index (χ2n) is 5.16. The van der Waals surface area contributed by atoms with Gasteiger partial charge in [0.15, 0.2) is 5.60 Å². The lowest BCUT2D eigenvalue weighted by atomic mass is 10.1. The summed E-state index contributed by atoms with van der Waals surface area (Å²) in [6, 6.07) is 2.09. The molecule has 0 aromatic heterocycles. The molecular weight excluding hydrogens is 292 g/mol. The lowest BCUT2D eigenvalue weighted by molar-refractivity contribution is -0.140. The Morgan fingerprint density at radius 2 is 1.90 bits per heavy atom. The fourth-order valence-electron chi connectivity index (χ4n) is 1.77. The van der Waals surface area contributed by atoms with Crippen molar-refractivity contribution in [1.82, 2.24) is 4.90 Å². The predicted octanol–water partition coefficient (Wildman–Crippen LogP) is 2.10. The van der Waals surface area contributed by atoms with E-state index in [1.54, 1.807) is 19.0 Å². The molecule has 1 amide bonds. The van der Waals surface area contributed by atoms with Crippen LogP contribution in [0, 0.1) is 5.82 Å². The first-order valence-corrected chi connectivity index (χ1v) is 5.99. The van der Waals surface area contributed by atoms with Crippen molar-refractivity contribution < 1.29 is 27.5 Å². The van der Waals surface area contributed by atoms with Crippen LogP contribution in [0.5, 0.6) is 0 Å². The first-order chi connectivity index (χ1) is 9.43. The summed E-state index contributed by atoms with van der Waals surface area (Å²) in [6.45, 7) is 1.21. The van der Waals surface area contributed by atoms with Crippen LogP contribution in [0.3, 0.4) is 0 Å². The monoisotopic (exact) mass is 308 g/mol. The van der Waals surface area contributed by atoms with Gasteiger partial charge >= 0.3 is 6.18 Å². The minimum absolute atomic E-state index is 0.0217. The predicted molar refractivity (Wildman–Crippen MR) is 69.2 cm³/mol. The number of nitrogens with one attached hydrogen (secondary N) is 1. The summed E-state index contributed by atoms with van der Waals surface area (Å²) in [5.41, 5.74) is -3.52. The first kappa shape index (κ1) is 17.4. The van der Waals surface area contributed by atoms with Gasteiger partial charge in [-0.2, -0.15) is 13.2 Å². The molecule has 1 unspecified atom stereocenters. The molecular formula is C13H16F4N2O2. The van der Waals surface area contributed by atoms with Crippen LogP contribution < -0.4 is 5.32 Å². The van der Waals surface area contributed by atoms with Crippen LogP contribution in [0.1, 0.15) is 12.5 Å². The van der Waals surface area contributed by atoms with Crippen molar-refractivity contribution in [2.45, 2.75) is 18.7 Å². The minimum atomic E-state index is -4.86. The highest BCUT2D eigenvalue weighted by atomic mass is 19.4. The molecule has 0 aliphatic rings. The number of halogens is 4. The number of carbonyl (C=O) groups is 1. The number of nitrogens with zero attached hydrogens (tertiary/aromatic N) is 1. The normalized spacial score (nSPS) is 14.9. The summed E-state index contributed by atoms with van der Waals surface area (Å²) in [7, 11) is 3.25. The Kier molecular flexibility index (Phi) is 4.95. The van der Waals surface area contributed by atoms with Crippen molar-refractivity contribution in [2.24, 2.45) is 0 Å². The van der Waals surface area contributed by atoms with Gasteiger partial charge in [-0.15, -0.1) is 0 Å². The van der Waals surface area contributed by atoms with Crippen LogP contribution in [0.4, 0.5) is 23.2 Å². The fraction of sp³-hybridized carbons (Fsp3) is 0.462. The van der Waals surface area contributed by atoms with E-state index in [0.29, 0.717) is 12.1 Å². The van der Waals surface area contributed by atoms with E-state index < -0.39 is 29.1 Å². The minimum Gasteiger partial charge on any atom is -0.379 e. The van der Waals surface area contributed by atoms with Crippen LogP contribution in [-0.2, 0) is 11.0 Å². The van der Waals surface area contributed by atoms with Crippen LogP contribution in [0.25, 0.3) is 0 Å². The average molecular weight is 308 g/mol. The number of hydrogen-bond acceptors (Lipinski definition) is 3. The van der Waals surface area contributed by atoms with E-state index in [4.69, 9.17) is 0 Å². The number of alkyl halides is 3. The molecule has 0 radical (unpaired) electrons. The van der Waals surface area contributed by atoms with Gasteiger partial charge in [-0.25, -0.2) is 4.39 Å². The number of amides is 1. The van der Waals surface area contributed by atoms with Gasteiger partial charge in [-0.05, 0) is 39.2 Å². The van der Waals surface area contributed by atoms with Gasteiger partial charge in [-0.1, -0.05) is 0 Å². The lowest BCUT2D eigenvalue weighted by Gasteiger charge is -2.25. The maximum absolute atomic E-state index is 13.1. The van der Waals surface area contributed by atoms with E-state index in [0.717, 1.165) is 6.07 Å². The van der Waals surface area contributed by atoms with Gasteiger partial charge in [0, 0.05) is 12.2 Å². The molecule has 0 aliphatic carbocycles. The molecule has 0 saturated heterocycles. The van der Waals surface area contributed by atoms with E-state index in [1.807, 2.05) is 0 Å². The van der Waals surface area contributed by atoms with Crippen molar-refractivity contribution in [3.8, 4) is 0 Å². The zero-order chi connectivity index (χ0) is 16.4. The summed E-state index contributed by atoms with van der Waals surface area (Å²) in [5.74, 6) is -2.31. The maximum atomic E-state index is 13.1. The van der Waals surface area contributed by atoms with Crippen LogP contribution in [-0.4, -0.2) is 42.2 Å². The molecule has 2 N–H and O–H groups in total. The number of aliphatic hydroxyl groups is 1. The molecule has 0 fully saturated rings. The average Bonchev–Trinajstić information content (AvgIpc) is 2.28. The standard InChI is InChI=1S/C13H16F4N2O2/c1-12(21,7-19(2)3)11(20)18-8-4-5-10(14)9(6-8)13(15,16)17/h4-6,21H,7H2,1-3H3,(H,18,20). The van der Waals surface area contributed by atoms with E-state index in [-0.39, 0.29) is 12.2 Å². The zero-order valence-electron chi connectivity index (χ0n) is 11.8. The molecule has 8 heteroatoms. The van der Waals surface area contributed by atoms with Crippen molar-refractivity contribution in [1.29, 1.82) is 0 Å². The molecule has 0 saturated carbocycles. The van der Waals surface area contributed by atoms with Crippen molar-refractivity contribution in [2.75, 3.05) is 26.0 Å². The van der Waals surface area contributed by atoms with Gasteiger partial charge < -0.3 is 15.3 Å². The Hall–Kier alpha value is -1.67. The van der Waals surface area contributed by atoms with Crippen LogP contribution in [0.15, 0.2) is 18.2 Å². The third-order valence-corrected chi connectivity index (χ3v) is 2.64. The molecule has 4 nitrogen and oxygen atoms in total. The zero-order valence-corrected chi connectivity index (χ0v) is 11.8. The Morgan fingerprint density at radius 1 is 1.33 bits per heavy atom. The Bertz CT molecular complexity index is 527. The molecule has 21 heavy (non-hydrogen) atoms. The Balaban J connectivity index is 2.97. The second-order valence-corrected chi connectivity index (χ2v) is 5.16. The quantitative estimate of drug-likeness (QED) is 0.838. The van der Waals surface area contributed by atoms with E-state index in [1.165, 1.54) is 6.92 Å². The lowest BCUT2D eigenvalue weighted by Crippen LogP contribution is -2.47. The van der Waals surface area contributed by atoms with Crippen molar-refractivity contribution >= 4 is 11.6 Å². The third-order valence-electron chi connectivity index (χ3n) is 2.64. The number of anilines is 1. The molecule has 1 aromatic carbocycles. The fourth-order valence-corrected chi connectivity index (χ4v) is 1.77. The topological polar surface area (TPSA) is 52.6 Å². The van der Waals surface area contributed by atoms with Gasteiger partial charge in [0.25, 0.3) is 5.91 Å². The number of rotatable bonds is 4. The van der Waals surface area contributed by atoms with E-state index in [9.17, 15) is 27.5 Å². The molecule has 0 heterocycles.